The average Bonchev–Trinajstić information content (AvgIpc) is 3.45. The quantitative estimate of drug-likeness (QED) is 0.625. The molecule has 1 fully saturated rings. The molecule has 1 N–H and O–H groups in total. The van der Waals surface area contributed by atoms with Crippen LogP contribution in [-0.4, -0.2) is 44.2 Å². The first kappa shape index (κ1) is 22.1. The molecule has 2 aromatic heterocycles. The molecule has 0 saturated carbocycles. The van der Waals surface area contributed by atoms with Crippen LogP contribution in [0.5, 0.6) is 0 Å². The van der Waals surface area contributed by atoms with Crippen molar-refractivity contribution in [3.05, 3.63) is 77.2 Å². The lowest BCUT2D eigenvalue weighted by molar-refractivity contribution is 0.0777. The van der Waals surface area contributed by atoms with Gasteiger partial charge in [-0.15, -0.1) is 0 Å². The minimum Gasteiger partial charge on any atom is -0.343 e. The van der Waals surface area contributed by atoms with Crippen LogP contribution in [0.3, 0.4) is 0 Å². The summed E-state index contributed by atoms with van der Waals surface area (Å²) >= 11 is 0. The third-order valence-corrected chi connectivity index (χ3v) is 6.30. The van der Waals surface area contributed by atoms with Gasteiger partial charge in [-0.05, 0) is 76.5 Å². The minimum absolute atomic E-state index is 0.327. The van der Waals surface area contributed by atoms with Crippen LogP contribution in [0.15, 0.2) is 48.8 Å². The number of nitrogens with zero attached hydrogens (tertiary/aromatic N) is 4. The predicted octanol–water partition coefficient (Wildman–Crippen LogP) is 4.20. The maximum Gasteiger partial charge on any atom is 0.255 e. The molecule has 168 valence electrons. The van der Waals surface area contributed by atoms with Crippen LogP contribution < -0.4 is 5.32 Å². The van der Waals surface area contributed by atoms with Crippen molar-refractivity contribution in [2.75, 3.05) is 13.1 Å². The Labute approximate surface area is 186 Å². The Kier molecular flexibility index (Phi) is 6.06. The molecule has 4 rings (SSSR count). The molecule has 32 heavy (non-hydrogen) atoms. The summed E-state index contributed by atoms with van der Waals surface area (Å²) in [5.74, 6) is -1.56. The Balaban J connectivity index is 1.67. The van der Waals surface area contributed by atoms with E-state index in [2.05, 4.69) is 20.3 Å². The molecule has 8 heteroatoms. The van der Waals surface area contributed by atoms with Gasteiger partial charge in [0, 0.05) is 11.7 Å². The summed E-state index contributed by atoms with van der Waals surface area (Å²) in [6.07, 6.45) is 5.30. The number of amides is 1. The van der Waals surface area contributed by atoms with Crippen molar-refractivity contribution < 1.29 is 13.6 Å². The Morgan fingerprint density at radius 3 is 2.53 bits per heavy atom. The Morgan fingerprint density at radius 2 is 1.88 bits per heavy atom. The van der Waals surface area contributed by atoms with E-state index in [1.165, 1.54) is 18.3 Å². The Bertz CT molecular complexity index is 1110. The summed E-state index contributed by atoms with van der Waals surface area (Å²) in [6.45, 7) is 7.62. The number of carbonyl (C=O) groups is 1. The first-order chi connectivity index (χ1) is 15.3. The van der Waals surface area contributed by atoms with Gasteiger partial charge in [0.1, 0.15) is 0 Å². The van der Waals surface area contributed by atoms with Gasteiger partial charge in [0.25, 0.3) is 5.91 Å². The zero-order valence-corrected chi connectivity index (χ0v) is 18.5. The minimum atomic E-state index is -0.932. The maximum absolute atomic E-state index is 14.1. The number of hydrogen-bond donors (Lipinski definition) is 1. The molecule has 3 aromatic rings. The smallest absolute Gasteiger partial charge is 0.255 e. The summed E-state index contributed by atoms with van der Waals surface area (Å²) < 4.78 is 29.3. The summed E-state index contributed by atoms with van der Waals surface area (Å²) in [4.78, 5) is 19.9. The third kappa shape index (κ3) is 4.14. The largest absolute Gasteiger partial charge is 0.343 e. The molecule has 1 aliphatic heterocycles. The maximum atomic E-state index is 14.1. The zero-order valence-electron chi connectivity index (χ0n) is 18.5. The summed E-state index contributed by atoms with van der Waals surface area (Å²) in [5, 5.41) is 7.40. The van der Waals surface area contributed by atoms with Crippen molar-refractivity contribution in [1.29, 1.82) is 0 Å². The second-order valence-corrected chi connectivity index (χ2v) is 8.67. The molecular formula is C24H27F2N5O. The molecule has 1 aromatic carbocycles. The standard InChI is InChI=1S/C24H27F2N5O/c1-16-18(15-28-31(16)21-8-4-5-11-27-21)23(32)29-22(17-9-10-19(25)20(26)14-17)24(2,3)30-12-6-7-13-30/h4-5,8-11,14-15,22H,6-7,12-13H2,1-3H3,(H,29,32)/t22-/m1/s1. The number of aromatic nitrogens is 3. The Morgan fingerprint density at radius 1 is 1.12 bits per heavy atom. The van der Waals surface area contributed by atoms with Gasteiger partial charge in [0.05, 0.1) is 23.5 Å². The van der Waals surface area contributed by atoms with Gasteiger partial charge < -0.3 is 5.32 Å². The van der Waals surface area contributed by atoms with Crippen molar-refractivity contribution in [1.82, 2.24) is 25.0 Å². The second-order valence-electron chi connectivity index (χ2n) is 8.67. The van der Waals surface area contributed by atoms with E-state index in [0.717, 1.165) is 32.0 Å². The van der Waals surface area contributed by atoms with Gasteiger partial charge in [-0.25, -0.2) is 18.4 Å². The number of pyridine rings is 1. The number of halogens is 2. The van der Waals surface area contributed by atoms with Gasteiger partial charge in [-0.1, -0.05) is 12.1 Å². The van der Waals surface area contributed by atoms with Crippen molar-refractivity contribution in [3.8, 4) is 5.82 Å². The fourth-order valence-electron chi connectivity index (χ4n) is 4.39. The average molecular weight is 440 g/mol. The van der Waals surface area contributed by atoms with Crippen LogP contribution >= 0.6 is 0 Å². The van der Waals surface area contributed by atoms with E-state index in [4.69, 9.17) is 0 Å². The lowest BCUT2D eigenvalue weighted by Crippen LogP contribution is -2.52. The van der Waals surface area contributed by atoms with Gasteiger partial charge in [-0.3, -0.25) is 9.69 Å². The van der Waals surface area contributed by atoms with Crippen LogP contribution in [0.2, 0.25) is 0 Å². The first-order valence-corrected chi connectivity index (χ1v) is 10.8. The highest BCUT2D eigenvalue weighted by molar-refractivity contribution is 5.95. The van der Waals surface area contributed by atoms with Crippen LogP contribution in [0, 0.1) is 18.6 Å². The molecule has 3 heterocycles. The predicted molar refractivity (Wildman–Crippen MR) is 118 cm³/mol. The van der Waals surface area contributed by atoms with Crippen LogP contribution in [0.25, 0.3) is 5.82 Å². The zero-order chi connectivity index (χ0) is 22.9. The summed E-state index contributed by atoms with van der Waals surface area (Å²) in [7, 11) is 0. The third-order valence-electron chi connectivity index (χ3n) is 6.30. The van der Waals surface area contributed by atoms with Crippen molar-refractivity contribution in [2.45, 2.75) is 45.2 Å². The van der Waals surface area contributed by atoms with Crippen LogP contribution in [-0.2, 0) is 0 Å². The van der Waals surface area contributed by atoms with Gasteiger partial charge >= 0.3 is 0 Å². The van der Waals surface area contributed by atoms with Gasteiger partial charge in [0.2, 0.25) is 0 Å². The van der Waals surface area contributed by atoms with E-state index in [1.54, 1.807) is 17.8 Å². The van der Waals surface area contributed by atoms with E-state index in [9.17, 15) is 13.6 Å². The van der Waals surface area contributed by atoms with E-state index in [-0.39, 0.29) is 5.91 Å². The van der Waals surface area contributed by atoms with Gasteiger partial charge in [-0.2, -0.15) is 5.10 Å². The molecule has 1 saturated heterocycles. The van der Waals surface area contributed by atoms with Crippen molar-refractivity contribution in [2.24, 2.45) is 0 Å². The van der Waals surface area contributed by atoms with Crippen LogP contribution in [0.4, 0.5) is 8.78 Å². The number of hydrogen-bond acceptors (Lipinski definition) is 4. The topological polar surface area (TPSA) is 63.1 Å². The molecule has 0 aliphatic carbocycles. The summed E-state index contributed by atoms with van der Waals surface area (Å²) in [6, 6.07) is 8.72. The molecule has 0 radical (unpaired) electrons. The van der Waals surface area contributed by atoms with Crippen LogP contribution in [0.1, 0.15) is 54.3 Å². The highest BCUT2D eigenvalue weighted by Crippen LogP contribution is 2.34. The molecule has 1 amide bonds. The highest BCUT2D eigenvalue weighted by Gasteiger charge is 2.39. The second kappa shape index (κ2) is 8.78. The Hall–Kier alpha value is -3.13. The monoisotopic (exact) mass is 439 g/mol. The summed E-state index contributed by atoms with van der Waals surface area (Å²) in [5.41, 5.74) is 1.05. The fraction of sp³-hybridized carbons (Fsp3) is 0.375. The normalized spacial score (nSPS) is 15.7. The highest BCUT2D eigenvalue weighted by atomic mass is 19.2. The van der Waals surface area contributed by atoms with E-state index in [1.807, 2.05) is 32.0 Å². The molecule has 0 unspecified atom stereocenters. The number of carbonyl (C=O) groups excluding carboxylic acids is 1. The van der Waals surface area contributed by atoms with E-state index < -0.39 is 23.2 Å². The molecule has 6 nitrogen and oxygen atoms in total. The first-order valence-electron chi connectivity index (χ1n) is 10.8. The number of nitrogens with one attached hydrogen (secondary N) is 1. The fourth-order valence-corrected chi connectivity index (χ4v) is 4.39. The van der Waals surface area contributed by atoms with E-state index >= 15 is 0 Å². The SMILES string of the molecule is Cc1c(C(=O)N[C@H](c2ccc(F)c(F)c2)C(C)(C)N2CCCC2)cnn1-c1ccccn1. The number of benzene rings is 1. The number of likely N-dealkylation sites (tertiary alicyclic amines) is 1. The lowest BCUT2D eigenvalue weighted by atomic mass is 9.86. The van der Waals surface area contributed by atoms with Gasteiger partial charge in [0.15, 0.2) is 17.5 Å². The number of rotatable bonds is 6. The molecule has 0 bridgehead atoms. The molecular weight excluding hydrogens is 412 g/mol. The lowest BCUT2D eigenvalue weighted by Gasteiger charge is -2.42. The molecule has 1 aliphatic rings. The molecule has 1 atom stereocenters. The van der Waals surface area contributed by atoms with Crippen molar-refractivity contribution in [3.63, 3.8) is 0 Å². The van der Waals surface area contributed by atoms with E-state index in [0.29, 0.717) is 22.6 Å². The molecule has 0 spiro atoms. The van der Waals surface area contributed by atoms with Crippen molar-refractivity contribution >= 4 is 5.91 Å².